The van der Waals surface area contributed by atoms with E-state index < -0.39 is 0 Å². The average molecular weight is 328 g/mol. The van der Waals surface area contributed by atoms with Crippen molar-refractivity contribution in [3.8, 4) is 5.75 Å². The summed E-state index contributed by atoms with van der Waals surface area (Å²) in [6.45, 7) is 4.46. The van der Waals surface area contributed by atoms with Crippen molar-refractivity contribution >= 4 is 34.0 Å². The molecule has 1 fully saturated rings. The lowest BCUT2D eigenvalue weighted by Crippen LogP contribution is -2.24. The van der Waals surface area contributed by atoms with E-state index in [0.29, 0.717) is 0 Å². The van der Waals surface area contributed by atoms with Gasteiger partial charge < -0.3 is 10.1 Å². The molecule has 3 rings (SSSR count). The molecular weight excluding hydrogens is 306 g/mol. The monoisotopic (exact) mass is 327 g/mol. The lowest BCUT2D eigenvalue weighted by Gasteiger charge is -2.13. The molecule has 1 aliphatic heterocycles. The number of nitrogens with zero attached hydrogens (tertiary/aromatic N) is 2. The zero-order valence-corrected chi connectivity index (χ0v) is 14.1. The normalized spacial score (nSPS) is 18.9. The van der Waals surface area contributed by atoms with Crippen LogP contribution in [0.15, 0.2) is 18.2 Å². The maximum absolute atomic E-state index is 5.27. The lowest BCUT2D eigenvalue weighted by atomic mass is 10.1. The fourth-order valence-electron chi connectivity index (χ4n) is 2.85. The van der Waals surface area contributed by atoms with Crippen molar-refractivity contribution in [2.45, 2.75) is 13.0 Å². The summed E-state index contributed by atoms with van der Waals surface area (Å²) in [5.41, 5.74) is 1.08. The first-order valence-corrected chi connectivity index (χ1v) is 7.90. The molecule has 1 atom stereocenters. The number of nitrogens with one attached hydrogen (secondary N) is 1. The largest absolute Gasteiger partial charge is 0.497 e. The zero-order chi connectivity index (χ0) is 13.9. The fraction of sp³-hybridized carbons (Fsp3) is 0.533. The summed E-state index contributed by atoms with van der Waals surface area (Å²) in [6, 6.07) is 6.09. The minimum atomic E-state index is 0. The Morgan fingerprint density at radius 1 is 1.48 bits per heavy atom. The first-order chi connectivity index (χ1) is 9.78. The number of ether oxygens (including phenoxy) is 1. The van der Waals surface area contributed by atoms with Gasteiger partial charge in [0.05, 0.1) is 23.9 Å². The van der Waals surface area contributed by atoms with Crippen molar-refractivity contribution < 1.29 is 4.74 Å². The summed E-state index contributed by atoms with van der Waals surface area (Å²) < 4.78 is 6.48. The van der Waals surface area contributed by atoms with Gasteiger partial charge in [0.25, 0.3) is 0 Å². The molecule has 0 radical (unpaired) electrons. The number of benzene rings is 1. The Morgan fingerprint density at radius 3 is 3.10 bits per heavy atom. The van der Waals surface area contributed by atoms with Crippen LogP contribution in [-0.4, -0.2) is 43.7 Å². The Balaban J connectivity index is 0.00000161. The molecule has 116 valence electrons. The van der Waals surface area contributed by atoms with Gasteiger partial charge in [-0.25, -0.2) is 4.98 Å². The highest BCUT2D eigenvalue weighted by molar-refractivity contribution is 7.18. The second-order valence-corrected chi connectivity index (χ2v) is 6.50. The Morgan fingerprint density at radius 2 is 2.33 bits per heavy atom. The van der Waals surface area contributed by atoms with E-state index in [4.69, 9.17) is 9.72 Å². The minimum absolute atomic E-state index is 0. The second-order valence-electron chi connectivity index (χ2n) is 5.39. The van der Waals surface area contributed by atoms with Crippen LogP contribution in [0.2, 0.25) is 0 Å². The van der Waals surface area contributed by atoms with Gasteiger partial charge in [0.1, 0.15) is 10.8 Å². The van der Waals surface area contributed by atoms with E-state index in [1.54, 1.807) is 18.4 Å². The van der Waals surface area contributed by atoms with Crippen LogP contribution in [0.4, 0.5) is 0 Å². The topological polar surface area (TPSA) is 37.4 Å². The van der Waals surface area contributed by atoms with Crippen LogP contribution >= 0.6 is 23.7 Å². The van der Waals surface area contributed by atoms with Crippen LogP contribution in [0.3, 0.4) is 0 Å². The molecular formula is C15H22ClN3OS. The molecule has 1 N–H and O–H groups in total. The molecule has 1 aromatic heterocycles. The zero-order valence-electron chi connectivity index (χ0n) is 12.5. The molecule has 0 spiro atoms. The van der Waals surface area contributed by atoms with Crippen LogP contribution in [0.1, 0.15) is 11.4 Å². The third kappa shape index (κ3) is 3.86. The number of aromatic nitrogens is 1. The number of likely N-dealkylation sites (tertiary alicyclic amines) is 1. The molecule has 2 aromatic rings. The number of rotatable bonds is 5. The Bertz CT molecular complexity index is 589. The van der Waals surface area contributed by atoms with Crippen molar-refractivity contribution in [1.82, 2.24) is 15.2 Å². The van der Waals surface area contributed by atoms with Crippen molar-refractivity contribution in [3.63, 3.8) is 0 Å². The second kappa shape index (κ2) is 7.40. The number of hydrogen-bond acceptors (Lipinski definition) is 5. The van der Waals surface area contributed by atoms with Crippen LogP contribution < -0.4 is 10.1 Å². The van der Waals surface area contributed by atoms with Gasteiger partial charge in [0.15, 0.2) is 0 Å². The lowest BCUT2D eigenvalue weighted by molar-refractivity contribution is 0.315. The number of thiazole rings is 1. The molecule has 0 amide bonds. The van der Waals surface area contributed by atoms with Gasteiger partial charge in [-0.05, 0) is 50.7 Å². The highest BCUT2D eigenvalue weighted by atomic mass is 35.5. The van der Waals surface area contributed by atoms with E-state index in [1.807, 2.05) is 19.2 Å². The Labute approximate surface area is 135 Å². The number of methoxy groups -OCH3 is 1. The summed E-state index contributed by atoms with van der Waals surface area (Å²) in [7, 11) is 3.73. The Kier molecular flexibility index (Phi) is 5.81. The smallest absolute Gasteiger partial charge is 0.120 e. The van der Waals surface area contributed by atoms with Crippen LogP contribution in [-0.2, 0) is 6.54 Å². The quantitative estimate of drug-likeness (QED) is 0.916. The SMILES string of the molecule is CNCC1CCN(Cc2nc3ccc(OC)cc3s2)C1.Cl. The summed E-state index contributed by atoms with van der Waals surface area (Å²) in [6.07, 6.45) is 1.29. The maximum atomic E-state index is 5.27. The molecule has 1 unspecified atom stereocenters. The summed E-state index contributed by atoms with van der Waals surface area (Å²) >= 11 is 1.78. The molecule has 0 bridgehead atoms. The van der Waals surface area contributed by atoms with Gasteiger partial charge in [0, 0.05) is 6.54 Å². The molecule has 1 aromatic carbocycles. The van der Waals surface area contributed by atoms with Gasteiger partial charge in [0.2, 0.25) is 0 Å². The van der Waals surface area contributed by atoms with Crippen molar-refractivity contribution in [2.24, 2.45) is 5.92 Å². The van der Waals surface area contributed by atoms with Crippen molar-refractivity contribution in [2.75, 3.05) is 33.8 Å². The fourth-order valence-corrected chi connectivity index (χ4v) is 3.89. The molecule has 0 aliphatic carbocycles. The van der Waals surface area contributed by atoms with E-state index in [1.165, 1.54) is 29.2 Å². The molecule has 1 aliphatic rings. The summed E-state index contributed by atoms with van der Waals surface area (Å²) in [4.78, 5) is 7.24. The predicted octanol–water partition coefficient (Wildman–Crippen LogP) is 2.77. The van der Waals surface area contributed by atoms with E-state index in [-0.39, 0.29) is 12.4 Å². The maximum Gasteiger partial charge on any atom is 0.120 e. The number of hydrogen-bond donors (Lipinski definition) is 1. The average Bonchev–Trinajstić information content (AvgIpc) is 3.05. The third-order valence-corrected chi connectivity index (χ3v) is 4.86. The molecule has 1 saturated heterocycles. The van der Waals surface area contributed by atoms with E-state index in [2.05, 4.69) is 16.3 Å². The van der Waals surface area contributed by atoms with Crippen LogP contribution in [0, 0.1) is 5.92 Å². The van der Waals surface area contributed by atoms with Gasteiger partial charge in [-0.15, -0.1) is 23.7 Å². The number of fused-ring (bicyclic) bond motifs is 1. The van der Waals surface area contributed by atoms with Gasteiger partial charge in [-0.1, -0.05) is 0 Å². The molecule has 4 nitrogen and oxygen atoms in total. The van der Waals surface area contributed by atoms with E-state index in [0.717, 1.165) is 30.3 Å². The van der Waals surface area contributed by atoms with Crippen LogP contribution in [0.25, 0.3) is 10.2 Å². The minimum Gasteiger partial charge on any atom is -0.497 e. The predicted molar refractivity (Wildman–Crippen MR) is 90.7 cm³/mol. The van der Waals surface area contributed by atoms with Crippen molar-refractivity contribution in [1.29, 1.82) is 0 Å². The highest BCUT2D eigenvalue weighted by Crippen LogP contribution is 2.28. The summed E-state index contributed by atoms with van der Waals surface area (Å²) in [5.74, 6) is 1.69. The van der Waals surface area contributed by atoms with Gasteiger partial charge in [-0.2, -0.15) is 0 Å². The molecule has 6 heteroatoms. The van der Waals surface area contributed by atoms with Gasteiger partial charge >= 0.3 is 0 Å². The molecule has 2 heterocycles. The highest BCUT2D eigenvalue weighted by Gasteiger charge is 2.22. The van der Waals surface area contributed by atoms with Crippen molar-refractivity contribution in [3.05, 3.63) is 23.2 Å². The Hall–Kier alpha value is -0.880. The van der Waals surface area contributed by atoms with E-state index in [9.17, 15) is 0 Å². The molecule has 0 saturated carbocycles. The standard InChI is InChI=1S/C15H21N3OS.ClH/c1-16-8-11-5-6-18(9-11)10-15-17-13-4-3-12(19-2)7-14(13)20-15;/h3-4,7,11,16H,5-6,8-10H2,1-2H3;1H. The third-order valence-electron chi connectivity index (χ3n) is 3.86. The first kappa shape index (κ1) is 16.5. The summed E-state index contributed by atoms with van der Waals surface area (Å²) in [5, 5.41) is 4.48. The van der Waals surface area contributed by atoms with Gasteiger partial charge in [-0.3, -0.25) is 4.90 Å². The van der Waals surface area contributed by atoms with Crippen LogP contribution in [0.5, 0.6) is 5.75 Å². The first-order valence-electron chi connectivity index (χ1n) is 7.09. The number of halogens is 1. The molecule has 21 heavy (non-hydrogen) atoms. The van der Waals surface area contributed by atoms with E-state index >= 15 is 0 Å².